The Labute approximate surface area is 105 Å². The number of hydrogen-bond donors (Lipinski definition) is 2. The molecule has 1 heterocycles. The van der Waals surface area contributed by atoms with Crippen LogP contribution in [0.5, 0.6) is 0 Å². The number of anilines is 3. The van der Waals surface area contributed by atoms with E-state index in [0.717, 1.165) is 6.07 Å². The van der Waals surface area contributed by atoms with Gasteiger partial charge in [0.2, 0.25) is 0 Å². The summed E-state index contributed by atoms with van der Waals surface area (Å²) in [6.07, 6.45) is -4.76. The van der Waals surface area contributed by atoms with Crippen LogP contribution in [0.1, 0.15) is 5.56 Å². The molecule has 8 heteroatoms. The summed E-state index contributed by atoms with van der Waals surface area (Å²) in [7, 11) is 0. The molecule has 0 fully saturated rings. The molecule has 0 aliphatic carbocycles. The summed E-state index contributed by atoms with van der Waals surface area (Å²) in [5.41, 5.74) is 4.02. The van der Waals surface area contributed by atoms with Crippen molar-refractivity contribution in [3.8, 4) is 0 Å². The summed E-state index contributed by atoms with van der Waals surface area (Å²) >= 11 is 0. The standard InChI is InChI=1S/C11H8F4N4/c12-8-2-1-6(5-7(8)11(13,14)15)17-10-4-3-9(16)18-19-10/h1-5H,(H2,16,18)(H,17,19). The van der Waals surface area contributed by atoms with Gasteiger partial charge in [-0.3, -0.25) is 0 Å². The van der Waals surface area contributed by atoms with Crippen molar-refractivity contribution in [3.63, 3.8) is 0 Å². The van der Waals surface area contributed by atoms with Crippen LogP contribution < -0.4 is 11.1 Å². The zero-order valence-corrected chi connectivity index (χ0v) is 9.37. The van der Waals surface area contributed by atoms with Gasteiger partial charge < -0.3 is 11.1 Å². The van der Waals surface area contributed by atoms with Gasteiger partial charge in [-0.2, -0.15) is 13.2 Å². The van der Waals surface area contributed by atoms with Crippen LogP contribution in [0, 0.1) is 5.82 Å². The maximum absolute atomic E-state index is 13.1. The van der Waals surface area contributed by atoms with Crippen molar-refractivity contribution in [2.24, 2.45) is 0 Å². The zero-order valence-electron chi connectivity index (χ0n) is 9.37. The van der Waals surface area contributed by atoms with Crippen molar-refractivity contribution >= 4 is 17.3 Å². The van der Waals surface area contributed by atoms with Crippen molar-refractivity contribution in [2.75, 3.05) is 11.1 Å². The largest absolute Gasteiger partial charge is 0.419 e. The first-order chi connectivity index (χ1) is 8.86. The molecular weight excluding hydrogens is 264 g/mol. The number of hydrogen-bond acceptors (Lipinski definition) is 4. The van der Waals surface area contributed by atoms with Crippen molar-refractivity contribution in [2.45, 2.75) is 6.18 Å². The van der Waals surface area contributed by atoms with E-state index in [1.54, 1.807) is 0 Å². The van der Waals surface area contributed by atoms with Crippen LogP contribution in [0.4, 0.5) is 34.9 Å². The van der Waals surface area contributed by atoms with Crippen molar-refractivity contribution in [3.05, 3.63) is 41.7 Å². The van der Waals surface area contributed by atoms with Gasteiger partial charge in [-0.15, -0.1) is 10.2 Å². The Kier molecular flexibility index (Phi) is 3.24. The fraction of sp³-hybridized carbons (Fsp3) is 0.0909. The molecule has 0 radical (unpaired) electrons. The van der Waals surface area contributed by atoms with E-state index in [-0.39, 0.29) is 17.3 Å². The highest BCUT2D eigenvalue weighted by Gasteiger charge is 2.34. The van der Waals surface area contributed by atoms with Crippen LogP contribution in [0.2, 0.25) is 0 Å². The first kappa shape index (κ1) is 13.1. The molecule has 0 aliphatic heterocycles. The Bertz CT molecular complexity index is 580. The van der Waals surface area contributed by atoms with Gasteiger partial charge in [0.25, 0.3) is 0 Å². The van der Waals surface area contributed by atoms with Crippen molar-refractivity contribution in [1.29, 1.82) is 0 Å². The minimum atomic E-state index is -4.76. The number of halogens is 4. The topological polar surface area (TPSA) is 63.8 Å². The van der Waals surface area contributed by atoms with Gasteiger partial charge in [-0.05, 0) is 30.3 Å². The summed E-state index contributed by atoms with van der Waals surface area (Å²) in [4.78, 5) is 0. The third-order valence-electron chi connectivity index (χ3n) is 2.23. The molecule has 2 rings (SSSR count). The first-order valence-electron chi connectivity index (χ1n) is 5.09. The van der Waals surface area contributed by atoms with Gasteiger partial charge in [-0.25, -0.2) is 4.39 Å². The van der Waals surface area contributed by atoms with Crippen LogP contribution in [0.15, 0.2) is 30.3 Å². The third-order valence-corrected chi connectivity index (χ3v) is 2.23. The average molecular weight is 272 g/mol. The second-order valence-electron chi connectivity index (χ2n) is 3.66. The quantitative estimate of drug-likeness (QED) is 0.825. The summed E-state index contributed by atoms with van der Waals surface area (Å²) in [5, 5.41) is 9.73. The molecule has 0 saturated carbocycles. The van der Waals surface area contributed by atoms with E-state index in [0.29, 0.717) is 6.07 Å². The van der Waals surface area contributed by atoms with E-state index in [1.807, 2.05) is 0 Å². The molecule has 3 N–H and O–H groups in total. The number of nitrogens with zero attached hydrogens (tertiary/aromatic N) is 2. The normalized spacial score (nSPS) is 11.4. The maximum atomic E-state index is 13.1. The van der Waals surface area contributed by atoms with Gasteiger partial charge in [-0.1, -0.05) is 0 Å². The molecule has 0 aliphatic rings. The Balaban J connectivity index is 2.29. The molecule has 100 valence electrons. The van der Waals surface area contributed by atoms with Gasteiger partial charge in [0.1, 0.15) is 11.6 Å². The van der Waals surface area contributed by atoms with Crippen molar-refractivity contribution in [1.82, 2.24) is 10.2 Å². The molecule has 0 amide bonds. The fourth-order valence-corrected chi connectivity index (χ4v) is 1.38. The van der Waals surface area contributed by atoms with E-state index in [1.165, 1.54) is 18.2 Å². The highest BCUT2D eigenvalue weighted by Crippen LogP contribution is 2.33. The van der Waals surface area contributed by atoms with E-state index >= 15 is 0 Å². The number of nitrogens with two attached hydrogens (primary N) is 1. The number of benzene rings is 1. The lowest BCUT2D eigenvalue weighted by Crippen LogP contribution is -2.09. The molecular formula is C11H8F4N4. The Hall–Kier alpha value is -2.38. The Morgan fingerprint density at radius 2 is 1.79 bits per heavy atom. The van der Waals surface area contributed by atoms with Crippen LogP contribution >= 0.6 is 0 Å². The van der Waals surface area contributed by atoms with Gasteiger partial charge in [0, 0.05) is 5.69 Å². The van der Waals surface area contributed by atoms with E-state index in [2.05, 4.69) is 15.5 Å². The van der Waals surface area contributed by atoms with Crippen LogP contribution in [-0.4, -0.2) is 10.2 Å². The summed E-state index contributed by atoms with van der Waals surface area (Å²) in [6, 6.07) is 5.44. The number of aromatic nitrogens is 2. The second-order valence-corrected chi connectivity index (χ2v) is 3.66. The predicted octanol–water partition coefficient (Wildman–Crippen LogP) is 2.96. The van der Waals surface area contributed by atoms with E-state index in [9.17, 15) is 17.6 Å². The number of rotatable bonds is 2. The lowest BCUT2D eigenvalue weighted by molar-refractivity contribution is -0.139. The highest BCUT2D eigenvalue weighted by atomic mass is 19.4. The smallest absolute Gasteiger partial charge is 0.382 e. The lowest BCUT2D eigenvalue weighted by Gasteiger charge is -2.11. The number of nitrogens with one attached hydrogen (secondary N) is 1. The first-order valence-corrected chi connectivity index (χ1v) is 5.09. The van der Waals surface area contributed by atoms with Crippen molar-refractivity contribution < 1.29 is 17.6 Å². The van der Waals surface area contributed by atoms with Crippen LogP contribution in [0.25, 0.3) is 0 Å². The van der Waals surface area contributed by atoms with E-state index < -0.39 is 17.6 Å². The maximum Gasteiger partial charge on any atom is 0.419 e. The molecule has 1 aromatic heterocycles. The molecule has 0 atom stereocenters. The molecule has 0 saturated heterocycles. The Morgan fingerprint density at radius 3 is 2.37 bits per heavy atom. The molecule has 19 heavy (non-hydrogen) atoms. The number of alkyl halides is 3. The minimum Gasteiger partial charge on any atom is -0.382 e. The molecule has 4 nitrogen and oxygen atoms in total. The zero-order chi connectivity index (χ0) is 14.0. The molecule has 0 unspecified atom stereocenters. The molecule has 2 aromatic rings. The lowest BCUT2D eigenvalue weighted by atomic mass is 10.2. The summed E-state index contributed by atoms with van der Waals surface area (Å²) in [5.74, 6) is -0.948. The van der Waals surface area contributed by atoms with Gasteiger partial charge in [0.05, 0.1) is 5.56 Å². The fourth-order valence-electron chi connectivity index (χ4n) is 1.38. The molecule has 1 aromatic carbocycles. The van der Waals surface area contributed by atoms with E-state index in [4.69, 9.17) is 5.73 Å². The predicted molar refractivity (Wildman–Crippen MR) is 61.1 cm³/mol. The molecule has 0 bridgehead atoms. The average Bonchev–Trinajstić information content (AvgIpc) is 2.33. The van der Waals surface area contributed by atoms with Gasteiger partial charge >= 0.3 is 6.18 Å². The van der Waals surface area contributed by atoms with Crippen LogP contribution in [0.3, 0.4) is 0 Å². The molecule has 0 spiro atoms. The van der Waals surface area contributed by atoms with Crippen LogP contribution in [-0.2, 0) is 6.18 Å². The van der Waals surface area contributed by atoms with Gasteiger partial charge in [0.15, 0.2) is 5.82 Å². The second kappa shape index (κ2) is 4.71. The number of nitrogen functional groups attached to an aromatic ring is 1. The Morgan fingerprint density at radius 1 is 1.05 bits per heavy atom. The SMILES string of the molecule is Nc1ccc(Nc2ccc(F)c(C(F)(F)F)c2)nn1. The minimum absolute atomic E-state index is 0.0489. The third kappa shape index (κ3) is 3.09. The monoisotopic (exact) mass is 272 g/mol. The summed E-state index contributed by atoms with van der Waals surface area (Å²) < 4.78 is 50.6. The highest BCUT2D eigenvalue weighted by molar-refractivity contribution is 5.57. The summed E-state index contributed by atoms with van der Waals surface area (Å²) in [6.45, 7) is 0.